The molecule has 6 heteroatoms. The first kappa shape index (κ1) is 14.1. The number of carbonyl (C=O) groups is 2. The molecule has 108 valence electrons. The third kappa shape index (κ3) is 3.18. The van der Waals surface area contributed by atoms with Gasteiger partial charge in [-0.05, 0) is 39.0 Å². The normalized spacial score (nSPS) is 35.2. The minimum absolute atomic E-state index is 0.104. The second kappa shape index (κ2) is 5.36. The first-order valence-electron chi connectivity index (χ1n) is 6.87. The molecule has 3 N–H and O–H groups in total. The van der Waals surface area contributed by atoms with Crippen molar-refractivity contribution in [2.24, 2.45) is 5.41 Å². The van der Waals surface area contributed by atoms with Gasteiger partial charge in [0.05, 0.1) is 11.5 Å². The Morgan fingerprint density at radius 3 is 2.42 bits per heavy atom. The molecule has 1 saturated heterocycles. The zero-order valence-corrected chi connectivity index (χ0v) is 11.3. The summed E-state index contributed by atoms with van der Waals surface area (Å²) >= 11 is 0. The van der Waals surface area contributed by atoms with Gasteiger partial charge in [0.25, 0.3) is 0 Å². The van der Waals surface area contributed by atoms with Crippen LogP contribution in [-0.2, 0) is 4.79 Å². The lowest BCUT2D eigenvalue weighted by Gasteiger charge is -2.28. The smallest absolute Gasteiger partial charge is 0.317 e. The van der Waals surface area contributed by atoms with Gasteiger partial charge in [-0.2, -0.15) is 0 Å². The van der Waals surface area contributed by atoms with Crippen LogP contribution >= 0.6 is 0 Å². The van der Waals surface area contributed by atoms with Gasteiger partial charge < -0.3 is 20.4 Å². The van der Waals surface area contributed by atoms with Crippen molar-refractivity contribution in [2.75, 3.05) is 13.1 Å². The maximum atomic E-state index is 12.1. The van der Waals surface area contributed by atoms with E-state index in [-0.39, 0.29) is 24.7 Å². The number of rotatable bonds is 2. The summed E-state index contributed by atoms with van der Waals surface area (Å²) in [6.07, 6.45) is 3.28. The largest absolute Gasteiger partial charge is 0.481 e. The lowest BCUT2D eigenvalue weighted by molar-refractivity contribution is -0.147. The van der Waals surface area contributed by atoms with Crippen LogP contribution in [0.15, 0.2) is 0 Å². The predicted octanol–water partition coefficient (Wildman–Crippen LogP) is 0.796. The molecule has 1 aliphatic carbocycles. The number of nitrogens with zero attached hydrogens (tertiary/aromatic N) is 1. The summed E-state index contributed by atoms with van der Waals surface area (Å²) in [5.74, 6) is -0.844. The molecule has 1 aliphatic heterocycles. The van der Waals surface area contributed by atoms with Gasteiger partial charge in [-0.25, -0.2) is 4.79 Å². The number of nitrogens with one attached hydrogen (secondary N) is 1. The summed E-state index contributed by atoms with van der Waals surface area (Å²) in [6.45, 7) is 2.44. The van der Waals surface area contributed by atoms with Gasteiger partial charge in [0.15, 0.2) is 0 Å². The zero-order valence-electron chi connectivity index (χ0n) is 11.3. The highest BCUT2D eigenvalue weighted by Gasteiger charge is 2.42. The molecule has 1 atom stereocenters. The Labute approximate surface area is 112 Å². The first-order valence-corrected chi connectivity index (χ1v) is 6.87. The minimum atomic E-state index is -0.844. The van der Waals surface area contributed by atoms with Gasteiger partial charge in [0, 0.05) is 19.1 Å². The lowest BCUT2D eigenvalue weighted by atomic mass is 9.90. The average Bonchev–Trinajstić information content (AvgIpc) is 2.76. The number of aliphatic hydroxyl groups is 1. The minimum Gasteiger partial charge on any atom is -0.481 e. The lowest BCUT2D eigenvalue weighted by Crippen LogP contribution is -2.46. The Morgan fingerprint density at radius 1 is 1.26 bits per heavy atom. The fourth-order valence-corrected chi connectivity index (χ4v) is 2.80. The van der Waals surface area contributed by atoms with Crippen molar-refractivity contribution in [3.63, 3.8) is 0 Å². The van der Waals surface area contributed by atoms with Crippen molar-refractivity contribution in [1.29, 1.82) is 0 Å². The molecule has 0 aromatic carbocycles. The number of carbonyl (C=O) groups excluding carboxylic acids is 1. The van der Waals surface area contributed by atoms with Crippen LogP contribution in [0.5, 0.6) is 0 Å². The summed E-state index contributed by atoms with van der Waals surface area (Å²) in [4.78, 5) is 24.8. The van der Waals surface area contributed by atoms with Crippen molar-refractivity contribution >= 4 is 12.0 Å². The molecule has 6 nitrogen and oxygen atoms in total. The molecule has 0 radical (unpaired) electrons. The number of carboxylic acids is 1. The van der Waals surface area contributed by atoms with Crippen LogP contribution < -0.4 is 5.32 Å². The Bertz CT molecular complexity index is 366. The number of hydrogen-bond donors (Lipinski definition) is 3. The topological polar surface area (TPSA) is 89.9 Å². The number of amides is 2. The fraction of sp³-hybridized carbons (Fsp3) is 0.846. The van der Waals surface area contributed by atoms with E-state index in [1.54, 1.807) is 11.8 Å². The summed E-state index contributed by atoms with van der Waals surface area (Å²) in [6, 6.07) is -0.0704. The summed E-state index contributed by atoms with van der Waals surface area (Å²) < 4.78 is 0. The van der Waals surface area contributed by atoms with Gasteiger partial charge in [-0.15, -0.1) is 0 Å². The molecule has 1 heterocycles. The van der Waals surface area contributed by atoms with E-state index in [9.17, 15) is 14.7 Å². The third-order valence-electron chi connectivity index (χ3n) is 4.30. The molecule has 1 unspecified atom stereocenters. The SMILES string of the molecule is CC1(C(=O)O)CCN(C(=O)NC2CCC(O)CC2)C1. The first-order chi connectivity index (χ1) is 8.90. The van der Waals surface area contributed by atoms with Crippen LogP contribution in [0, 0.1) is 5.41 Å². The number of hydrogen-bond acceptors (Lipinski definition) is 3. The van der Waals surface area contributed by atoms with Crippen molar-refractivity contribution in [3.8, 4) is 0 Å². The van der Waals surface area contributed by atoms with Gasteiger partial charge in [0.2, 0.25) is 0 Å². The van der Waals surface area contributed by atoms with E-state index < -0.39 is 11.4 Å². The van der Waals surface area contributed by atoms with Crippen LogP contribution in [0.4, 0.5) is 4.79 Å². The molecule has 0 spiro atoms. The maximum absolute atomic E-state index is 12.1. The maximum Gasteiger partial charge on any atom is 0.317 e. The van der Waals surface area contributed by atoms with Crippen LogP contribution in [-0.4, -0.2) is 52.3 Å². The molecule has 2 aliphatic rings. The molecule has 0 aromatic rings. The second-order valence-corrected chi connectivity index (χ2v) is 5.99. The Morgan fingerprint density at radius 2 is 1.89 bits per heavy atom. The van der Waals surface area contributed by atoms with E-state index in [4.69, 9.17) is 5.11 Å². The molecular formula is C13H22N2O4. The van der Waals surface area contributed by atoms with Crippen LogP contribution in [0.1, 0.15) is 39.0 Å². The number of carboxylic acid groups (broad SMARTS) is 1. The van der Waals surface area contributed by atoms with Crippen molar-refractivity contribution in [2.45, 2.75) is 51.2 Å². The molecule has 0 bridgehead atoms. The average molecular weight is 270 g/mol. The predicted molar refractivity (Wildman–Crippen MR) is 68.7 cm³/mol. The van der Waals surface area contributed by atoms with Crippen molar-refractivity contribution in [3.05, 3.63) is 0 Å². The molecular weight excluding hydrogens is 248 g/mol. The number of aliphatic carboxylic acids is 1. The number of likely N-dealkylation sites (tertiary alicyclic amines) is 1. The third-order valence-corrected chi connectivity index (χ3v) is 4.30. The van der Waals surface area contributed by atoms with Gasteiger partial charge >= 0.3 is 12.0 Å². The highest BCUT2D eigenvalue weighted by atomic mass is 16.4. The molecule has 2 amide bonds. The van der Waals surface area contributed by atoms with Gasteiger partial charge in [-0.1, -0.05) is 0 Å². The van der Waals surface area contributed by atoms with E-state index in [0.717, 1.165) is 25.7 Å². The van der Waals surface area contributed by atoms with E-state index in [0.29, 0.717) is 13.0 Å². The second-order valence-electron chi connectivity index (χ2n) is 5.99. The standard InChI is InChI=1S/C13H22N2O4/c1-13(11(17)18)6-7-15(8-13)12(19)14-9-2-4-10(16)5-3-9/h9-10,16H,2-8H2,1H3,(H,14,19)(H,17,18). The summed E-state index contributed by atoms with van der Waals surface area (Å²) in [5, 5.41) is 21.5. The van der Waals surface area contributed by atoms with Crippen LogP contribution in [0.2, 0.25) is 0 Å². The van der Waals surface area contributed by atoms with Crippen molar-refractivity contribution < 1.29 is 19.8 Å². The van der Waals surface area contributed by atoms with E-state index in [2.05, 4.69) is 5.32 Å². The Balaban J connectivity index is 1.83. The highest BCUT2D eigenvalue weighted by molar-refractivity contribution is 5.79. The molecule has 0 aromatic heterocycles. The van der Waals surface area contributed by atoms with E-state index >= 15 is 0 Å². The molecule has 1 saturated carbocycles. The van der Waals surface area contributed by atoms with Crippen LogP contribution in [0.3, 0.4) is 0 Å². The fourth-order valence-electron chi connectivity index (χ4n) is 2.80. The molecule has 19 heavy (non-hydrogen) atoms. The number of urea groups is 1. The zero-order chi connectivity index (χ0) is 14.0. The van der Waals surface area contributed by atoms with Gasteiger partial charge in [-0.3, -0.25) is 4.79 Å². The quantitative estimate of drug-likeness (QED) is 0.692. The molecule has 2 rings (SSSR count). The Kier molecular flexibility index (Phi) is 3.99. The molecule has 2 fully saturated rings. The Hall–Kier alpha value is -1.30. The number of aliphatic hydroxyl groups excluding tert-OH is 1. The highest BCUT2D eigenvalue weighted by Crippen LogP contribution is 2.30. The van der Waals surface area contributed by atoms with E-state index in [1.807, 2.05) is 0 Å². The monoisotopic (exact) mass is 270 g/mol. The van der Waals surface area contributed by atoms with Crippen molar-refractivity contribution in [1.82, 2.24) is 10.2 Å². The van der Waals surface area contributed by atoms with Gasteiger partial charge in [0.1, 0.15) is 0 Å². The summed E-state index contributed by atoms with van der Waals surface area (Å²) in [7, 11) is 0. The summed E-state index contributed by atoms with van der Waals surface area (Å²) in [5.41, 5.74) is -0.819. The van der Waals surface area contributed by atoms with Crippen LogP contribution in [0.25, 0.3) is 0 Å². The van der Waals surface area contributed by atoms with E-state index in [1.165, 1.54) is 0 Å².